The van der Waals surface area contributed by atoms with Gasteiger partial charge < -0.3 is 5.32 Å². The maximum atomic E-state index is 12.1. The molecule has 1 amide bonds. The minimum absolute atomic E-state index is 0.142. The Morgan fingerprint density at radius 3 is 2.56 bits per heavy atom. The van der Waals surface area contributed by atoms with Crippen LogP contribution in [0.3, 0.4) is 0 Å². The largest absolute Gasteiger partial charge is 0.352 e. The van der Waals surface area contributed by atoms with Gasteiger partial charge in [0.15, 0.2) is 0 Å². The fourth-order valence-electron chi connectivity index (χ4n) is 2.34. The molecule has 1 unspecified atom stereocenters. The fourth-order valence-corrected chi connectivity index (χ4v) is 2.90. The lowest BCUT2D eigenvalue weighted by Gasteiger charge is -2.24. The Hall–Kier alpha value is -0.730. The van der Waals surface area contributed by atoms with Gasteiger partial charge in [0.1, 0.15) is 5.38 Å². The van der Waals surface area contributed by atoms with Gasteiger partial charge in [-0.3, -0.25) is 4.79 Å². The summed E-state index contributed by atoms with van der Waals surface area (Å²) in [5.74, 6) is -0.142. The summed E-state index contributed by atoms with van der Waals surface area (Å²) >= 11 is 12.2. The molecule has 0 spiro atoms. The van der Waals surface area contributed by atoms with Crippen LogP contribution < -0.4 is 5.32 Å². The topological polar surface area (TPSA) is 29.1 Å². The van der Waals surface area contributed by atoms with Gasteiger partial charge in [-0.25, -0.2) is 0 Å². The SMILES string of the molecule is O=C(NC1CCCCC1)C(Cl)c1ccccc1Cl. The standard InChI is InChI=1S/C14H17Cl2NO/c15-12-9-5-4-8-11(12)13(16)14(18)17-10-6-2-1-3-7-10/h4-5,8-10,13H,1-3,6-7H2,(H,17,18). The lowest BCUT2D eigenvalue weighted by molar-refractivity contribution is -0.121. The number of rotatable bonds is 3. The van der Waals surface area contributed by atoms with Gasteiger partial charge >= 0.3 is 0 Å². The summed E-state index contributed by atoms with van der Waals surface area (Å²) in [5, 5.41) is 2.85. The van der Waals surface area contributed by atoms with Gasteiger partial charge in [-0.15, -0.1) is 11.6 Å². The summed E-state index contributed by atoms with van der Waals surface area (Å²) in [6.45, 7) is 0. The number of hydrogen-bond donors (Lipinski definition) is 1. The minimum atomic E-state index is -0.708. The number of carbonyl (C=O) groups is 1. The molecule has 4 heteroatoms. The second kappa shape index (κ2) is 6.44. The highest BCUT2D eigenvalue weighted by Crippen LogP contribution is 2.28. The van der Waals surface area contributed by atoms with Crippen LogP contribution in [0.15, 0.2) is 24.3 Å². The van der Waals surface area contributed by atoms with E-state index >= 15 is 0 Å². The molecular weight excluding hydrogens is 269 g/mol. The predicted molar refractivity (Wildman–Crippen MR) is 75.1 cm³/mol. The molecule has 0 aliphatic heterocycles. The Bertz CT molecular complexity index is 416. The first-order valence-electron chi connectivity index (χ1n) is 6.37. The van der Waals surface area contributed by atoms with E-state index in [2.05, 4.69) is 5.32 Å². The van der Waals surface area contributed by atoms with Crippen molar-refractivity contribution in [3.63, 3.8) is 0 Å². The molecular formula is C14H17Cl2NO. The molecule has 1 N–H and O–H groups in total. The average molecular weight is 286 g/mol. The van der Waals surface area contributed by atoms with Gasteiger partial charge in [0, 0.05) is 11.1 Å². The zero-order valence-electron chi connectivity index (χ0n) is 10.2. The van der Waals surface area contributed by atoms with Gasteiger partial charge in [-0.2, -0.15) is 0 Å². The van der Waals surface area contributed by atoms with Crippen molar-refractivity contribution in [1.82, 2.24) is 5.32 Å². The Kier molecular flexibility index (Phi) is 4.90. The van der Waals surface area contributed by atoms with Crippen molar-refractivity contribution in [3.05, 3.63) is 34.9 Å². The average Bonchev–Trinajstić information content (AvgIpc) is 2.39. The summed E-state index contributed by atoms with van der Waals surface area (Å²) < 4.78 is 0. The summed E-state index contributed by atoms with van der Waals surface area (Å²) in [6.07, 6.45) is 5.74. The van der Waals surface area contributed by atoms with E-state index in [1.807, 2.05) is 12.1 Å². The fraction of sp³-hybridized carbons (Fsp3) is 0.500. The van der Waals surface area contributed by atoms with Gasteiger partial charge in [0.25, 0.3) is 0 Å². The lowest BCUT2D eigenvalue weighted by atomic mass is 9.95. The highest BCUT2D eigenvalue weighted by molar-refractivity contribution is 6.35. The van der Waals surface area contributed by atoms with E-state index in [-0.39, 0.29) is 11.9 Å². The zero-order chi connectivity index (χ0) is 13.0. The number of alkyl halides is 1. The molecule has 98 valence electrons. The molecule has 2 rings (SSSR count). The van der Waals surface area contributed by atoms with E-state index in [9.17, 15) is 4.79 Å². The Morgan fingerprint density at radius 2 is 1.89 bits per heavy atom. The molecule has 1 fully saturated rings. The number of halogens is 2. The van der Waals surface area contributed by atoms with Crippen molar-refractivity contribution < 1.29 is 4.79 Å². The van der Waals surface area contributed by atoms with Crippen molar-refractivity contribution in [2.24, 2.45) is 0 Å². The van der Waals surface area contributed by atoms with Crippen molar-refractivity contribution in [3.8, 4) is 0 Å². The summed E-state index contributed by atoms with van der Waals surface area (Å²) in [6, 6.07) is 7.48. The highest BCUT2D eigenvalue weighted by atomic mass is 35.5. The third kappa shape index (κ3) is 3.39. The monoisotopic (exact) mass is 285 g/mol. The molecule has 0 saturated heterocycles. The van der Waals surface area contributed by atoms with Crippen molar-refractivity contribution in [2.75, 3.05) is 0 Å². The number of amides is 1. The minimum Gasteiger partial charge on any atom is -0.352 e. The molecule has 1 aromatic carbocycles. The van der Waals surface area contributed by atoms with Crippen molar-refractivity contribution >= 4 is 29.1 Å². The molecule has 1 atom stereocenters. The molecule has 1 aromatic rings. The van der Waals surface area contributed by atoms with Gasteiger partial charge in [-0.1, -0.05) is 49.1 Å². The van der Waals surface area contributed by atoms with Crippen LogP contribution in [-0.4, -0.2) is 11.9 Å². The van der Waals surface area contributed by atoms with Crippen LogP contribution in [0, 0.1) is 0 Å². The van der Waals surface area contributed by atoms with E-state index < -0.39 is 5.38 Å². The smallest absolute Gasteiger partial charge is 0.242 e. The van der Waals surface area contributed by atoms with Crippen LogP contribution in [0.4, 0.5) is 0 Å². The first kappa shape index (κ1) is 13.7. The van der Waals surface area contributed by atoms with Crippen LogP contribution in [0.1, 0.15) is 43.0 Å². The maximum Gasteiger partial charge on any atom is 0.242 e. The molecule has 2 nitrogen and oxygen atoms in total. The third-order valence-corrected chi connectivity index (χ3v) is 4.14. The molecule has 0 aromatic heterocycles. The van der Waals surface area contributed by atoms with E-state index in [0.29, 0.717) is 10.6 Å². The maximum absolute atomic E-state index is 12.1. The second-order valence-corrected chi connectivity index (χ2v) is 5.57. The van der Waals surface area contributed by atoms with Crippen molar-refractivity contribution in [1.29, 1.82) is 0 Å². The van der Waals surface area contributed by atoms with E-state index in [0.717, 1.165) is 12.8 Å². The second-order valence-electron chi connectivity index (χ2n) is 4.73. The molecule has 1 aliphatic carbocycles. The van der Waals surface area contributed by atoms with Crippen LogP contribution in [-0.2, 0) is 4.79 Å². The lowest BCUT2D eigenvalue weighted by Crippen LogP contribution is -2.38. The molecule has 0 heterocycles. The van der Waals surface area contributed by atoms with Crippen molar-refractivity contribution in [2.45, 2.75) is 43.5 Å². The third-order valence-electron chi connectivity index (χ3n) is 3.36. The Morgan fingerprint density at radius 1 is 1.22 bits per heavy atom. The number of hydrogen-bond acceptors (Lipinski definition) is 1. The van der Waals surface area contributed by atoms with E-state index in [4.69, 9.17) is 23.2 Å². The molecule has 1 saturated carbocycles. The van der Waals surface area contributed by atoms with Crippen LogP contribution in [0.25, 0.3) is 0 Å². The highest BCUT2D eigenvalue weighted by Gasteiger charge is 2.23. The van der Waals surface area contributed by atoms with E-state index in [1.165, 1.54) is 19.3 Å². The van der Waals surface area contributed by atoms with E-state index in [1.54, 1.807) is 12.1 Å². The van der Waals surface area contributed by atoms with Crippen LogP contribution in [0.5, 0.6) is 0 Å². The van der Waals surface area contributed by atoms with Gasteiger partial charge in [-0.05, 0) is 24.5 Å². The zero-order valence-corrected chi connectivity index (χ0v) is 11.7. The van der Waals surface area contributed by atoms with Crippen LogP contribution in [0.2, 0.25) is 5.02 Å². The van der Waals surface area contributed by atoms with Gasteiger partial charge in [0.05, 0.1) is 0 Å². The quantitative estimate of drug-likeness (QED) is 0.834. The first-order valence-corrected chi connectivity index (χ1v) is 7.19. The summed E-state index contributed by atoms with van der Waals surface area (Å²) in [5.41, 5.74) is 0.675. The van der Waals surface area contributed by atoms with Crippen LogP contribution >= 0.6 is 23.2 Å². The number of benzene rings is 1. The number of carbonyl (C=O) groups excluding carboxylic acids is 1. The molecule has 0 radical (unpaired) electrons. The first-order chi connectivity index (χ1) is 8.68. The Balaban J connectivity index is 1.98. The molecule has 1 aliphatic rings. The predicted octanol–water partition coefficient (Wildman–Crippen LogP) is 4.07. The summed E-state index contributed by atoms with van der Waals surface area (Å²) in [4.78, 5) is 12.1. The number of nitrogens with one attached hydrogen (secondary N) is 1. The molecule has 18 heavy (non-hydrogen) atoms. The Labute approximate surface area is 118 Å². The van der Waals surface area contributed by atoms with Gasteiger partial charge in [0.2, 0.25) is 5.91 Å². The normalized spacial score (nSPS) is 18.3. The molecule has 0 bridgehead atoms. The summed E-state index contributed by atoms with van der Waals surface area (Å²) in [7, 11) is 0.